The Morgan fingerprint density at radius 1 is 1.00 bits per heavy atom. The second-order valence-electron chi connectivity index (χ2n) is 0. The SMILES string of the molecule is [Ca].[Ce].[Fe].[K].[W]. The van der Waals surface area contributed by atoms with Crippen molar-refractivity contribution in [1.29, 1.82) is 0 Å². The summed E-state index contributed by atoms with van der Waals surface area (Å²) in [6.07, 6.45) is 0. The molecule has 0 fully saturated rings. The average Bonchev–Trinajstić information content (AvgIpc) is 0. The van der Waals surface area contributed by atoms with Gasteiger partial charge in [-0.1, -0.05) is 0 Å². The van der Waals surface area contributed by atoms with Crippen LogP contribution < -0.4 is 0 Å². The van der Waals surface area contributed by atoms with E-state index in [0.29, 0.717) is 0 Å². The fourth-order valence-electron chi connectivity index (χ4n) is 0. The van der Waals surface area contributed by atoms with Crippen LogP contribution in [-0.4, -0.2) is 89.1 Å². The summed E-state index contributed by atoms with van der Waals surface area (Å²) in [7, 11) is 0. The van der Waals surface area contributed by atoms with Crippen LogP contribution in [0.25, 0.3) is 0 Å². The van der Waals surface area contributed by atoms with Crippen molar-refractivity contribution in [2.75, 3.05) is 0 Å². The van der Waals surface area contributed by atoms with Crippen LogP contribution in [0.3, 0.4) is 0 Å². The van der Waals surface area contributed by atoms with Crippen molar-refractivity contribution in [2.24, 2.45) is 0 Å². The zero-order valence-electron chi connectivity index (χ0n) is 2.97. The van der Waals surface area contributed by atoms with E-state index in [9.17, 15) is 0 Å². The van der Waals surface area contributed by atoms with Gasteiger partial charge in [-0.15, -0.1) is 0 Å². The van der Waals surface area contributed by atoms with Crippen LogP contribution in [0.15, 0.2) is 0 Å². The van der Waals surface area contributed by atoms with Crippen LogP contribution in [0.5, 0.6) is 0 Å². The first-order valence-electron chi connectivity index (χ1n) is 0. The summed E-state index contributed by atoms with van der Waals surface area (Å²) in [6.45, 7) is 0. The molecule has 0 aromatic heterocycles. The Morgan fingerprint density at radius 3 is 1.00 bits per heavy atom. The molecule has 0 bridgehead atoms. The Morgan fingerprint density at radius 2 is 1.00 bits per heavy atom. The standard InChI is InChI=1S/Ca.Ce.Fe.K.W. The van der Waals surface area contributed by atoms with E-state index < -0.39 is 0 Å². The zero-order valence-corrected chi connectivity index (χ0v) is 15.5. The predicted molar refractivity (Wildman–Crippen MR) is 11.5 cm³/mol. The first-order valence-corrected chi connectivity index (χ1v) is 0. The zero-order chi connectivity index (χ0) is 0. The van der Waals surface area contributed by atoms with Gasteiger partial charge in [0.25, 0.3) is 0 Å². The molecule has 0 spiro atoms. The second-order valence-corrected chi connectivity index (χ2v) is 0. The molecule has 0 nitrogen and oxygen atoms in total. The summed E-state index contributed by atoms with van der Waals surface area (Å²) in [6, 6.07) is 0. The van der Waals surface area contributed by atoms with E-state index in [1.807, 2.05) is 0 Å². The van der Waals surface area contributed by atoms with Gasteiger partial charge in [0.1, 0.15) is 0 Å². The Balaban J connectivity index is 0. The second kappa shape index (κ2) is 22.7. The Labute approximate surface area is 163 Å². The first kappa shape index (κ1) is 31.4. The van der Waals surface area contributed by atoms with Crippen molar-refractivity contribution < 1.29 is 79.9 Å². The van der Waals surface area contributed by atoms with E-state index in [1.165, 1.54) is 0 Å². The Kier molecular flexibility index (Phi) is 142. The molecule has 0 aliphatic rings. The van der Waals surface area contributed by atoms with Gasteiger partial charge in [-0.2, -0.15) is 0 Å². The van der Waals surface area contributed by atoms with E-state index in [0.717, 1.165) is 0 Å². The normalized spacial score (nSPS) is 0. The molecular weight excluding hydrogens is 459 g/mol. The summed E-state index contributed by atoms with van der Waals surface area (Å²) in [5.74, 6) is 0. The van der Waals surface area contributed by atoms with Crippen LogP contribution in [0.1, 0.15) is 0 Å². The maximum atomic E-state index is 0. The quantitative estimate of drug-likeness (QED) is 0.418. The third kappa shape index (κ3) is 17.7. The van der Waals surface area contributed by atoms with E-state index in [2.05, 4.69) is 0 Å². The minimum atomic E-state index is 0. The topological polar surface area (TPSA) is 0 Å². The van der Waals surface area contributed by atoms with Crippen molar-refractivity contribution in [1.82, 2.24) is 0 Å². The van der Waals surface area contributed by atoms with Gasteiger partial charge < -0.3 is 0 Å². The van der Waals surface area contributed by atoms with Crippen LogP contribution in [0.4, 0.5) is 0 Å². The van der Waals surface area contributed by atoms with Gasteiger partial charge in [0, 0.05) is 169 Å². The summed E-state index contributed by atoms with van der Waals surface area (Å²) in [5.41, 5.74) is 0. The summed E-state index contributed by atoms with van der Waals surface area (Å²) in [4.78, 5) is 0. The van der Waals surface area contributed by atoms with Gasteiger partial charge in [-0.25, -0.2) is 0 Å². The Bertz CT molecular complexity index is 11.6. The van der Waals surface area contributed by atoms with Crippen molar-refractivity contribution >= 4 is 89.1 Å². The molecule has 0 aromatic rings. The van der Waals surface area contributed by atoms with E-state index in [-0.39, 0.29) is 169 Å². The van der Waals surface area contributed by atoms with Gasteiger partial charge in [0.2, 0.25) is 0 Å². The molecule has 0 unspecified atom stereocenters. The van der Waals surface area contributed by atoms with Crippen molar-refractivity contribution in [3.05, 3.63) is 0 Å². The fraction of sp³-hybridized carbons (Fsp3) is 0. The van der Waals surface area contributed by atoms with Crippen LogP contribution in [0, 0.1) is 41.7 Å². The minimum absolute atomic E-state index is 0. The van der Waals surface area contributed by atoms with Gasteiger partial charge in [-0.3, -0.25) is 0 Å². The summed E-state index contributed by atoms with van der Waals surface area (Å²) < 4.78 is 0. The average molecular weight is 459 g/mol. The molecule has 0 aliphatic carbocycles. The van der Waals surface area contributed by atoms with Crippen LogP contribution >= 0.6 is 0 Å². The number of hydrogen-bond donors (Lipinski definition) is 0. The molecule has 0 saturated heterocycles. The fourth-order valence-corrected chi connectivity index (χ4v) is 0. The summed E-state index contributed by atoms with van der Waals surface area (Å²) in [5, 5.41) is 0. The van der Waals surface area contributed by atoms with Crippen molar-refractivity contribution in [3.63, 3.8) is 0 Å². The third-order valence-corrected chi connectivity index (χ3v) is 0. The molecule has 0 aromatic carbocycles. The molecule has 0 amide bonds. The smallest absolute Gasteiger partial charge is 0 e. The molecule has 0 heterocycles. The van der Waals surface area contributed by atoms with Crippen molar-refractivity contribution in [3.8, 4) is 0 Å². The maximum Gasteiger partial charge on any atom is 0 e. The van der Waals surface area contributed by atoms with E-state index in [1.54, 1.807) is 0 Å². The molecule has 5 heteroatoms. The van der Waals surface area contributed by atoms with E-state index in [4.69, 9.17) is 0 Å². The summed E-state index contributed by atoms with van der Waals surface area (Å²) >= 11 is 0. The van der Waals surface area contributed by atoms with Gasteiger partial charge in [0.15, 0.2) is 0 Å². The molecule has 0 aliphatic heterocycles. The molecule has 0 atom stereocenters. The van der Waals surface area contributed by atoms with Gasteiger partial charge in [-0.05, 0) is 0 Å². The predicted octanol–water partition coefficient (Wildman–Crippen LogP) is -0.767. The minimum Gasteiger partial charge on any atom is 0 e. The molecule has 0 N–H and O–H groups in total. The Hall–Kier alpha value is 5.48. The number of rotatable bonds is 0. The van der Waals surface area contributed by atoms with E-state index >= 15 is 0 Å². The van der Waals surface area contributed by atoms with Crippen molar-refractivity contribution in [2.45, 2.75) is 0 Å². The molecule has 21 valence electrons. The first-order chi connectivity index (χ1) is 0. The number of hydrogen-bond acceptors (Lipinski definition) is 0. The largest absolute Gasteiger partial charge is 0 e. The van der Waals surface area contributed by atoms with Gasteiger partial charge >= 0.3 is 0 Å². The molecule has 0 rings (SSSR count). The van der Waals surface area contributed by atoms with Crippen LogP contribution in [0.2, 0.25) is 0 Å². The molecule has 3 radical (unpaired) electrons. The third-order valence-electron chi connectivity index (χ3n) is 0. The molecular formula is CaCeFeKW. The van der Waals surface area contributed by atoms with Crippen LogP contribution in [-0.2, 0) is 38.1 Å². The molecule has 5 heavy (non-hydrogen) atoms. The monoisotopic (exact) mass is 459 g/mol. The molecule has 0 saturated carbocycles. The van der Waals surface area contributed by atoms with Gasteiger partial charge in [0.05, 0.1) is 0 Å². The maximum absolute atomic E-state index is 0.